The van der Waals surface area contributed by atoms with Crippen LogP contribution in [0.5, 0.6) is 11.5 Å². The lowest BCUT2D eigenvalue weighted by Crippen LogP contribution is -2.35. The zero-order chi connectivity index (χ0) is 18.5. The van der Waals surface area contributed by atoms with Gasteiger partial charge < -0.3 is 14.7 Å². The monoisotopic (exact) mass is 347 g/mol. The SMILES string of the molecule is COc1cc(C#N)c(N2CCC(Cc3ccccc3)CC2)c(C#N)c1O. The van der Waals surface area contributed by atoms with E-state index >= 15 is 0 Å². The summed E-state index contributed by atoms with van der Waals surface area (Å²) in [5, 5.41) is 29.3. The number of aromatic hydroxyl groups is 1. The maximum absolute atomic E-state index is 10.3. The van der Waals surface area contributed by atoms with Crippen LogP contribution in [0.1, 0.15) is 29.5 Å². The van der Waals surface area contributed by atoms with E-state index in [-0.39, 0.29) is 17.1 Å². The minimum atomic E-state index is -0.199. The summed E-state index contributed by atoms with van der Waals surface area (Å²) >= 11 is 0. The third kappa shape index (κ3) is 3.43. The van der Waals surface area contributed by atoms with E-state index in [1.807, 2.05) is 17.0 Å². The number of nitriles is 2. The Morgan fingerprint density at radius 2 is 1.85 bits per heavy atom. The first-order chi connectivity index (χ1) is 12.7. The standard InChI is InChI=1S/C21H21N3O2/c1-26-19-12-17(13-22)20(18(14-23)21(19)25)24-9-7-16(8-10-24)11-15-5-3-2-4-6-15/h2-6,12,16,25H,7-11H2,1H3. The van der Waals surface area contributed by atoms with Crippen molar-refractivity contribution < 1.29 is 9.84 Å². The van der Waals surface area contributed by atoms with Gasteiger partial charge in [0, 0.05) is 19.2 Å². The lowest BCUT2D eigenvalue weighted by molar-refractivity contribution is 0.371. The number of methoxy groups -OCH3 is 1. The predicted molar refractivity (Wildman–Crippen MR) is 99.2 cm³/mol. The van der Waals surface area contributed by atoms with Crippen LogP contribution in [0.3, 0.4) is 0 Å². The fourth-order valence-corrected chi connectivity index (χ4v) is 3.62. The Morgan fingerprint density at radius 3 is 2.42 bits per heavy atom. The van der Waals surface area contributed by atoms with Crippen molar-refractivity contribution in [2.45, 2.75) is 19.3 Å². The van der Waals surface area contributed by atoms with Crippen LogP contribution in [-0.4, -0.2) is 25.3 Å². The van der Waals surface area contributed by atoms with Gasteiger partial charge in [-0.15, -0.1) is 0 Å². The first-order valence-electron chi connectivity index (χ1n) is 8.71. The number of hydrogen-bond donors (Lipinski definition) is 1. The Kier molecular flexibility index (Phi) is 5.29. The normalized spacial score (nSPS) is 14.5. The number of anilines is 1. The molecule has 0 saturated carbocycles. The summed E-state index contributed by atoms with van der Waals surface area (Å²) in [6.07, 6.45) is 3.01. The zero-order valence-electron chi connectivity index (χ0n) is 14.8. The number of nitrogens with zero attached hydrogens (tertiary/aromatic N) is 3. The fourth-order valence-electron chi connectivity index (χ4n) is 3.62. The molecule has 1 fully saturated rings. The summed E-state index contributed by atoms with van der Waals surface area (Å²) in [6.45, 7) is 1.51. The van der Waals surface area contributed by atoms with Crippen LogP contribution in [0.2, 0.25) is 0 Å². The molecule has 0 aromatic heterocycles. The van der Waals surface area contributed by atoms with Crippen molar-refractivity contribution in [1.29, 1.82) is 10.5 Å². The molecule has 1 heterocycles. The highest BCUT2D eigenvalue weighted by molar-refractivity contribution is 5.75. The van der Waals surface area contributed by atoms with Gasteiger partial charge in [-0.1, -0.05) is 30.3 Å². The van der Waals surface area contributed by atoms with E-state index in [1.165, 1.54) is 18.7 Å². The molecule has 2 aromatic carbocycles. The molecule has 132 valence electrons. The van der Waals surface area contributed by atoms with Gasteiger partial charge in [-0.05, 0) is 30.7 Å². The number of ether oxygens (including phenoxy) is 1. The van der Waals surface area contributed by atoms with Crippen LogP contribution >= 0.6 is 0 Å². The van der Waals surface area contributed by atoms with E-state index < -0.39 is 0 Å². The molecule has 1 saturated heterocycles. The van der Waals surface area contributed by atoms with Crippen LogP contribution in [0.15, 0.2) is 36.4 Å². The van der Waals surface area contributed by atoms with E-state index in [0.29, 0.717) is 17.2 Å². The van der Waals surface area contributed by atoms with Gasteiger partial charge in [0.15, 0.2) is 11.5 Å². The number of phenolic OH excluding ortho intramolecular Hbond substituents is 1. The topological polar surface area (TPSA) is 80.3 Å². The number of benzene rings is 2. The van der Waals surface area contributed by atoms with Crippen molar-refractivity contribution in [2.75, 3.05) is 25.1 Å². The molecule has 3 rings (SSSR count). The predicted octanol–water partition coefficient (Wildman–Crippen LogP) is 3.60. The second kappa shape index (κ2) is 7.80. The Morgan fingerprint density at radius 1 is 1.15 bits per heavy atom. The molecule has 1 N–H and O–H groups in total. The first kappa shape index (κ1) is 17.6. The van der Waals surface area contributed by atoms with Crippen molar-refractivity contribution in [2.24, 2.45) is 5.92 Å². The molecule has 0 amide bonds. The van der Waals surface area contributed by atoms with Gasteiger partial charge in [-0.2, -0.15) is 10.5 Å². The number of phenols is 1. The molecule has 0 radical (unpaired) electrons. The second-order valence-corrected chi connectivity index (χ2v) is 6.54. The van der Waals surface area contributed by atoms with E-state index in [2.05, 4.69) is 30.3 Å². The van der Waals surface area contributed by atoms with Crippen LogP contribution in [-0.2, 0) is 6.42 Å². The van der Waals surface area contributed by atoms with Gasteiger partial charge in [0.1, 0.15) is 17.7 Å². The number of hydrogen-bond acceptors (Lipinski definition) is 5. The van der Waals surface area contributed by atoms with Crippen molar-refractivity contribution in [1.82, 2.24) is 0 Å². The molecule has 5 nitrogen and oxygen atoms in total. The van der Waals surface area contributed by atoms with Gasteiger partial charge >= 0.3 is 0 Å². The van der Waals surface area contributed by atoms with Crippen LogP contribution < -0.4 is 9.64 Å². The van der Waals surface area contributed by atoms with Crippen LogP contribution in [0.4, 0.5) is 5.69 Å². The van der Waals surface area contributed by atoms with Gasteiger partial charge in [-0.25, -0.2) is 0 Å². The Hall–Kier alpha value is -3.18. The zero-order valence-corrected chi connectivity index (χ0v) is 14.8. The largest absolute Gasteiger partial charge is 0.503 e. The Bertz CT molecular complexity index is 858. The van der Waals surface area contributed by atoms with E-state index in [9.17, 15) is 15.6 Å². The van der Waals surface area contributed by atoms with Crippen molar-refractivity contribution in [3.8, 4) is 23.6 Å². The summed E-state index contributed by atoms with van der Waals surface area (Å²) in [6, 6.07) is 16.1. The van der Waals surface area contributed by atoms with Gasteiger partial charge in [0.25, 0.3) is 0 Å². The molecule has 0 aliphatic carbocycles. The molecule has 1 aliphatic heterocycles. The smallest absolute Gasteiger partial charge is 0.178 e. The van der Waals surface area contributed by atoms with Gasteiger partial charge in [-0.3, -0.25) is 0 Å². The molecular formula is C21H21N3O2. The summed E-state index contributed by atoms with van der Waals surface area (Å²) < 4.78 is 5.09. The van der Waals surface area contributed by atoms with Crippen molar-refractivity contribution in [3.05, 3.63) is 53.1 Å². The average Bonchev–Trinajstić information content (AvgIpc) is 2.69. The first-order valence-corrected chi connectivity index (χ1v) is 8.71. The molecule has 0 unspecified atom stereocenters. The molecule has 0 atom stereocenters. The molecule has 0 spiro atoms. The maximum atomic E-state index is 10.3. The highest BCUT2D eigenvalue weighted by Crippen LogP contribution is 2.40. The lowest BCUT2D eigenvalue weighted by Gasteiger charge is -2.35. The third-order valence-electron chi connectivity index (χ3n) is 4.99. The van der Waals surface area contributed by atoms with E-state index in [0.717, 1.165) is 32.4 Å². The molecule has 1 aliphatic rings. The third-order valence-corrected chi connectivity index (χ3v) is 4.99. The summed E-state index contributed by atoms with van der Waals surface area (Å²) in [5.74, 6) is 0.535. The molecule has 5 heteroatoms. The van der Waals surface area contributed by atoms with E-state index in [4.69, 9.17) is 4.74 Å². The minimum absolute atomic E-state index is 0.113. The lowest BCUT2D eigenvalue weighted by atomic mass is 9.89. The van der Waals surface area contributed by atoms with Gasteiger partial charge in [0.2, 0.25) is 0 Å². The van der Waals surface area contributed by atoms with Crippen molar-refractivity contribution in [3.63, 3.8) is 0 Å². The summed E-state index contributed by atoms with van der Waals surface area (Å²) in [5.41, 5.74) is 2.33. The molecular weight excluding hydrogens is 326 g/mol. The highest BCUT2D eigenvalue weighted by Gasteiger charge is 2.26. The van der Waals surface area contributed by atoms with Crippen LogP contribution in [0.25, 0.3) is 0 Å². The maximum Gasteiger partial charge on any atom is 0.178 e. The average molecular weight is 347 g/mol. The number of rotatable bonds is 4. The summed E-state index contributed by atoms with van der Waals surface area (Å²) in [7, 11) is 1.41. The molecule has 26 heavy (non-hydrogen) atoms. The van der Waals surface area contributed by atoms with Crippen molar-refractivity contribution >= 4 is 5.69 Å². The van der Waals surface area contributed by atoms with Crippen LogP contribution in [0, 0.1) is 28.6 Å². The van der Waals surface area contributed by atoms with E-state index in [1.54, 1.807) is 0 Å². The minimum Gasteiger partial charge on any atom is -0.503 e. The highest BCUT2D eigenvalue weighted by atomic mass is 16.5. The quantitative estimate of drug-likeness (QED) is 0.914. The molecule has 2 aromatic rings. The summed E-state index contributed by atoms with van der Waals surface area (Å²) in [4.78, 5) is 2.04. The number of piperidine rings is 1. The second-order valence-electron chi connectivity index (χ2n) is 6.54. The van der Waals surface area contributed by atoms with Gasteiger partial charge in [0.05, 0.1) is 18.4 Å². The Labute approximate surface area is 153 Å². The Balaban J connectivity index is 1.80. The fraction of sp³-hybridized carbons (Fsp3) is 0.333. The molecule has 0 bridgehead atoms.